The molecule has 4 heteroatoms. The van der Waals surface area contributed by atoms with E-state index in [-0.39, 0.29) is 23.6 Å². The highest BCUT2D eigenvalue weighted by molar-refractivity contribution is 5.78. The summed E-state index contributed by atoms with van der Waals surface area (Å²) < 4.78 is 13.5. The van der Waals surface area contributed by atoms with Crippen LogP contribution >= 0.6 is 0 Å². The molecule has 3 nitrogen and oxygen atoms in total. The Morgan fingerprint density at radius 3 is 2.04 bits per heavy atom. The second kappa shape index (κ2) is 11.6. The summed E-state index contributed by atoms with van der Waals surface area (Å²) in [5.41, 5.74) is 1.74. The summed E-state index contributed by atoms with van der Waals surface area (Å²) in [6.45, 7) is 0.669. The van der Waals surface area contributed by atoms with Crippen LogP contribution in [0.15, 0.2) is 35.1 Å². The van der Waals surface area contributed by atoms with Gasteiger partial charge in [0.1, 0.15) is 5.82 Å². The van der Waals surface area contributed by atoms with Crippen LogP contribution in [0.5, 0.6) is 0 Å². The second-order valence-corrected chi connectivity index (χ2v) is 7.08. The van der Waals surface area contributed by atoms with Crippen molar-refractivity contribution in [2.45, 2.75) is 70.6 Å². The third-order valence-electron chi connectivity index (χ3n) is 4.79. The molecule has 2 aromatic carbocycles. The van der Waals surface area contributed by atoms with Crippen LogP contribution in [-0.4, -0.2) is 12.5 Å². The van der Waals surface area contributed by atoms with Crippen LogP contribution in [-0.2, 0) is 17.6 Å². The maximum Gasteiger partial charge on any atom is 0.224 e. The number of nitrogens with one attached hydrogen (secondary N) is 1. The summed E-state index contributed by atoms with van der Waals surface area (Å²) in [5.74, 6) is -0.431. The minimum absolute atomic E-state index is 0.109. The molecule has 1 amide bonds. The molecular formula is C22H30FNO2. The van der Waals surface area contributed by atoms with Gasteiger partial charge in [-0.3, -0.25) is 9.59 Å². The molecule has 26 heavy (non-hydrogen) atoms. The Balaban J connectivity index is 1.35. The van der Waals surface area contributed by atoms with Crippen LogP contribution in [0.4, 0.5) is 4.39 Å². The molecular weight excluding hydrogens is 329 g/mol. The molecule has 1 N–H and O–H groups in total. The lowest BCUT2D eigenvalue weighted by atomic mass is 10.1. The van der Waals surface area contributed by atoms with E-state index < -0.39 is 0 Å². The number of carbonyl (C=O) groups excluding carboxylic acids is 1. The van der Waals surface area contributed by atoms with Gasteiger partial charge in [-0.05, 0) is 37.0 Å². The molecule has 0 aromatic heterocycles. The number of unbranched alkanes of at least 4 members (excludes halogenated alkanes) is 8. The van der Waals surface area contributed by atoms with Crippen molar-refractivity contribution in [1.82, 2.24) is 5.32 Å². The fraction of sp³-hybridized carbons (Fsp3) is 0.545. The molecule has 0 saturated carbocycles. The van der Waals surface area contributed by atoms with Crippen LogP contribution in [0.2, 0.25) is 0 Å². The van der Waals surface area contributed by atoms with Gasteiger partial charge in [-0.1, -0.05) is 63.1 Å². The number of halogens is 1. The molecule has 0 heterocycles. The number of benzene rings is 1. The fourth-order valence-electron chi connectivity index (χ4n) is 3.10. The first kappa shape index (κ1) is 20.3. The molecule has 0 aliphatic heterocycles. The molecule has 0 radical (unpaired) electrons. The molecule has 0 spiro atoms. The van der Waals surface area contributed by atoms with E-state index in [4.69, 9.17) is 0 Å². The topological polar surface area (TPSA) is 46.2 Å². The number of hydrogen-bond acceptors (Lipinski definition) is 2. The van der Waals surface area contributed by atoms with Gasteiger partial charge in [-0.2, -0.15) is 0 Å². The molecule has 0 fully saturated rings. The van der Waals surface area contributed by atoms with Crippen LogP contribution in [0.25, 0.3) is 0 Å². The Bertz CT molecular complexity index is 673. The Morgan fingerprint density at radius 2 is 1.42 bits per heavy atom. The summed E-state index contributed by atoms with van der Waals surface area (Å²) in [4.78, 5) is 22.6. The highest BCUT2D eigenvalue weighted by atomic mass is 19.1. The summed E-state index contributed by atoms with van der Waals surface area (Å²) in [5, 5.41) is 2.87. The van der Waals surface area contributed by atoms with E-state index in [1.807, 2.05) is 0 Å². The van der Waals surface area contributed by atoms with Gasteiger partial charge in [0, 0.05) is 12.1 Å². The predicted octanol–water partition coefficient (Wildman–Crippen LogP) is 4.47. The van der Waals surface area contributed by atoms with Crippen molar-refractivity contribution in [2.24, 2.45) is 0 Å². The van der Waals surface area contributed by atoms with Crippen molar-refractivity contribution in [1.29, 1.82) is 0 Å². The molecule has 0 aliphatic rings. The van der Waals surface area contributed by atoms with Gasteiger partial charge in [0.25, 0.3) is 0 Å². The van der Waals surface area contributed by atoms with Gasteiger partial charge in [0.2, 0.25) is 5.91 Å². The number of hydrogen-bond donors (Lipinski definition) is 1. The highest BCUT2D eigenvalue weighted by Crippen LogP contribution is 2.11. The highest BCUT2D eigenvalue weighted by Gasteiger charge is 2.07. The number of rotatable bonds is 14. The average Bonchev–Trinajstić information content (AvgIpc) is 3.33. The van der Waals surface area contributed by atoms with E-state index >= 15 is 0 Å². The summed E-state index contributed by atoms with van der Waals surface area (Å²) in [6.07, 6.45) is 11.8. The standard InChI is InChI=1S/C22H30FNO2/c23-20-14-10-9-12-18(20)17-22(26)24-15-11-7-5-3-1-2-4-6-8-13-19-16-21(19)25/h9-10,12,14,16H,1-8,11,13,15,17H2,(H,24,26). The van der Waals surface area contributed by atoms with E-state index in [2.05, 4.69) is 5.32 Å². The quantitative estimate of drug-likeness (QED) is 0.506. The zero-order valence-electron chi connectivity index (χ0n) is 15.6. The largest absolute Gasteiger partial charge is 0.356 e. The summed E-state index contributed by atoms with van der Waals surface area (Å²) in [7, 11) is 0. The zero-order chi connectivity index (χ0) is 18.6. The predicted molar refractivity (Wildman–Crippen MR) is 103 cm³/mol. The Hall–Kier alpha value is -1.97. The summed E-state index contributed by atoms with van der Waals surface area (Å²) in [6, 6.07) is 8.15. The minimum Gasteiger partial charge on any atom is -0.356 e. The third-order valence-corrected chi connectivity index (χ3v) is 4.79. The van der Waals surface area contributed by atoms with E-state index in [1.54, 1.807) is 24.3 Å². The van der Waals surface area contributed by atoms with Gasteiger partial charge in [0.05, 0.1) is 6.42 Å². The van der Waals surface area contributed by atoms with Gasteiger partial charge >= 0.3 is 0 Å². The smallest absolute Gasteiger partial charge is 0.224 e. The molecule has 2 aromatic rings. The van der Waals surface area contributed by atoms with Crippen LogP contribution in [0.3, 0.4) is 0 Å². The van der Waals surface area contributed by atoms with Crippen molar-refractivity contribution in [3.63, 3.8) is 0 Å². The van der Waals surface area contributed by atoms with E-state index in [0.717, 1.165) is 31.2 Å². The van der Waals surface area contributed by atoms with Gasteiger partial charge < -0.3 is 5.32 Å². The fourth-order valence-corrected chi connectivity index (χ4v) is 3.10. The molecule has 0 atom stereocenters. The maximum atomic E-state index is 13.5. The Morgan fingerprint density at radius 1 is 0.846 bits per heavy atom. The van der Waals surface area contributed by atoms with Crippen LogP contribution in [0.1, 0.15) is 68.9 Å². The maximum absolute atomic E-state index is 13.5. The lowest BCUT2D eigenvalue weighted by Crippen LogP contribution is -2.26. The molecule has 0 aliphatic carbocycles. The SMILES string of the molecule is O=C(Cc1ccccc1F)NCCCCCCCCCCCc1cc1=O. The second-order valence-electron chi connectivity index (χ2n) is 7.08. The normalized spacial score (nSPS) is 11.1. The molecule has 0 bridgehead atoms. The lowest BCUT2D eigenvalue weighted by Gasteiger charge is -2.06. The van der Waals surface area contributed by atoms with Crippen molar-refractivity contribution in [3.05, 3.63) is 57.5 Å². The minimum atomic E-state index is -0.319. The molecule has 2 rings (SSSR count). The van der Waals surface area contributed by atoms with Gasteiger partial charge in [-0.15, -0.1) is 0 Å². The van der Waals surface area contributed by atoms with E-state index in [9.17, 15) is 14.0 Å². The van der Waals surface area contributed by atoms with Crippen LogP contribution < -0.4 is 10.7 Å². The lowest BCUT2D eigenvalue weighted by molar-refractivity contribution is -0.120. The van der Waals surface area contributed by atoms with Crippen molar-refractivity contribution in [2.75, 3.05) is 6.54 Å². The first-order valence-corrected chi connectivity index (χ1v) is 9.92. The van der Waals surface area contributed by atoms with Gasteiger partial charge in [-0.25, -0.2) is 4.39 Å². The van der Waals surface area contributed by atoms with Crippen molar-refractivity contribution in [3.8, 4) is 0 Å². The first-order valence-electron chi connectivity index (χ1n) is 9.92. The number of amides is 1. The monoisotopic (exact) mass is 359 g/mol. The zero-order valence-corrected chi connectivity index (χ0v) is 15.6. The third kappa shape index (κ3) is 8.41. The molecule has 0 saturated heterocycles. The first-order chi connectivity index (χ1) is 12.7. The number of aryl methyl sites for hydroxylation is 1. The summed E-state index contributed by atoms with van der Waals surface area (Å²) >= 11 is 0. The molecule has 142 valence electrons. The van der Waals surface area contributed by atoms with Crippen molar-refractivity contribution >= 4 is 5.91 Å². The Kier molecular flexibility index (Phi) is 9.08. The Labute approximate surface area is 155 Å². The van der Waals surface area contributed by atoms with Gasteiger partial charge in [0.15, 0.2) is 5.43 Å². The van der Waals surface area contributed by atoms with E-state index in [0.29, 0.717) is 12.1 Å². The van der Waals surface area contributed by atoms with Crippen LogP contribution in [0, 0.1) is 5.82 Å². The van der Waals surface area contributed by atoms with Crippen molar-refractivity contribution < 1.29 is 9.18 Å². The van der Waals surface area contributed by atoms with E-state index in [1.165, 1.54) is 44.6 Å². The average molecular weight is 359 g/mol. The molecule has 0 unspecified atom stereocenters. The number of carbonyl (C=O) groups is 1.